The molecular weight excluding hydrogens is 384 g/mol. The fraction of sp³-hybridized carbons (Fsp3) is 0.692. The average molecular weight is 427 g/mol. The Kier molecular flexibility index (Phi) is 9.67. The molecule has 2 atom stereocenters. The van der Waals surface area contributed by atoms with Crippen LogP contribution in [0.15, 0.2) is 24.3 Å². The molecule has 2 aliphatic rings. The van der Waals surface area contributed by atoms with Gasteiger partial charge in [-0.05, 0) is 38.2 Å². The molecule has 0 spiro atoms. The van der Waals surface area contributed by atoms with E-state index in [1.807, 2.05) is 0 Å². The van der Waals surface area contributed by atoms with Crippen molar-refractivity contribution < 1.29 is 4.74 Å². The highest BCUT2D eigenvalue weighted by atomic mass is 16.5. The second kappa shape index (κ2) is 12.5. The maximum atomic E-state index is 6.05. The summed E-state index contributed by atoms with van der Waals surface area (Å²) in [5.74, 6) is 7.30. The zero-order valence-corrected chi connectivity index (χ0v) is 20.1. The Morgan fingerprint density at radius 2 is 1.87 bits per heavy atom. The first-order valence-corrected chi connectivity index (χ1v) is 12.1. The Hall–Kier alpha value is -1.58. The number of likely N-dealkylation sites (N-methyl/N-ethyl adjacent to an activating group) is 2. The molecule has 3 rings (SSSR count). The van der Waals surface area contributed by atoms with E-state index in [9.17, 15) is 0 Å². The van der Waals surface area contributed by atoms with Crippen LogP contribution >= 0.6 is 0 Å². The normalized spacial score (nSPS) is 21.7. The van der Waals surface area contributed by atoms with E-state index in [4.69, 9.17) is 4.74 Å². The summed E-state index contributed by atoms with van der Waals surface area (Å²) < 4.78 is 6.05. The minimum absolute atomic E-state index is 0.262. The Bertz CT molecular complexity index is 702. The number of rotatable bonds is 8. The van der Waals surface area contributed by atoms with Crippen LogP contribution in [0, 0.1) is 17.8 Å². The van der Waals surface area contributed by atoms with Gasteiger partial charge in [0, 0.05) is 64.0 Å². The molecule has 0 N–H and O–H groups in total. The van der Waals surface area contributed by atoms with Gasteiger partial charge in [-0.3, -0.25) is 9.80 Å². The number of anilines is 1. The van der Waals surface area contributed by atoms with Crippen molar-refractivity contribution >= 4 is 5.69 Å². The highest BCUT2D eigenvalue weighted by Gasteiger charge is 2.21. The molecule has 0 amide bonds. The van der Waals surface area contributed by atoms with Crippen LogP contribution in [-0.2, 0) is 11.3 Å². The van der Waals surface area contributed by atoms with E-state index in [0.717, 1.165) is 65.5 Å². The molecule has 1 aromatic rings. The molecule has 5 heteroatoms. The van der Waals surface area contributed by atoms with Crippen LogP contribution < -0.4 is 4.90 Å². The summed E-state index contributed by atoms with van der Waals surface area (Å²) in [6.07, 6.45) is 2.67. The second-order valence-corrected chi connectivity index (χ2v) is 9.39. The average Bonchev–Trinajstić information content (AvgIpc) is 2.75. The fourth-order valence-electron chi connectivity index (χ4n) is 4.47. The fourth-order valence-corrected chi connectivity index (χ4v) is 4.47. The Balaban J connectivity index is 1.42. The molecule has 31 heavy (non-hydrogen) atoms. The van der Waals surface area contributed by atoms with Crippen LogP contribution in [0.5, 0.6) is 0 Å². The minimum Gasteiger partial charge on any atom is -0.374 e. The van der Waals surface area contributed by atoms with E-state index in [-0.39, 0.29) is 6.10 Å². The molecule has 0 aromatic heterocycles. The van der Waals surface area contributed by atoms with Gasteiger partial charge in [0.1, 0.15) is 0 Å². The van der Waals surface area contributed by atoms with Crippen molar-refractivity contribution in [2.45, 2.75) is 39.3 Å². The molecule has 0 saturated carbocycles. The summed E-state index contributed by atoms with van der Waals surface area (Å²) >= 11 is 0. The monoisotopic (exact) mass is 426 g/mol. The molecule has 2 fully saturated rings. The standard InChI is InChI=1S/C26H42N4O/c1-5-7-23(2)8-6-13-29-18-19-31-26(22-29)21-28(4)20-24-9-11-25(12-10-24)30-16-14-27(3)15-17-30/h9-12,23,26H,5,7,13-22H2,1-4H3/t23?,26-/m1/s1. The van der Waals surface area contributed by atoms with Crippen LogP contribution in [-0.4, -0.2) is 93.9 Å². The van der Waals surface area contributed by atoms with Gasteiger partial charge in [-0.2, -0.15) is 0 Å². The molecule has 2 aliphatic heterocycles. The first kappa shape index (κ1) is 24.1. The van der Waals surface area contributed by atoms with Gasteiger partial charge in [-0.15, -0.1) is 0 Å². The number of benzene rings is 1. The Morgan fingerprint density at radius 3 is 2.58 bits per heavy atom. The topological polar surface area (TPSA) is 22.2 Å². The van der Waals surface area contributed by atoms with Crippen molar-refractivity contribution in [2.24, 2.45) is 5.92 Å². The van der Waals surface area contributed by atoms with Crippen molar-refractivity contribution in [3.63, 3.8) is 0 Å². The SMILES string of the molecule is CCCC(C)C#CCN1CCO[C@H](CN(C)Cc2ccc(N3CCN(C)CC3)cc2)C1. The first-order chi connectivity index (χ1) is 15.0. The lowest BCUT2D eigenvalue weighted by molar-refractivity contribution is -0.0372. The smallest absolute Gasteiger partial charge is 0.0829 e. The van der Waals surface area contributed by atoms with Gasteiger partial charge in [0.15, 0.2) is 0 Å². The Labute approximate surface area is 190 Å². The van der Waals surface area contributed by atoms with Gasteiger partial charge in [0.05, 0.1) is 19.3 Å². The van der Waals surface area contributed by atoms with Gasteiger partial charge < -0.3 is 14.5 Å². The van der Waals surface area contributed by atoms with E-state index in [1.165, 1.54) is 24.1 Å². The van der Waals surface area contributed by atoms with E-state index in [2.05, 4.69) is 83.6 Å². The minimum atomic E-state index is 0.262. The zero-order chi connectivity index (χ0) is 22.1. The van der Waals surface area contributed by atoms with Crippen molar-refractivity contribution in [3.8, 4) is 11.8 Å². The van der Waals surface area contributed by atoms with E-state index >= 15 is 0 Å². The summed E-state index contributed by atoms with van der Waals surface area (Å²) in [7, 11) is 4.40. The van der Waals surface area contributed by atoms with Crippen molar-refractivity contribution in [2.75, 3.05) is 78.0 Å². The lowest BCUT2D eigenvalue weighted by atomic mass is 10.1. The molecule has 1 unspecified atom stereocenters. The van der Waals surface area contributed by atoms with E-state index in [1.54, 1.807) is 0 Å². The maximum absolute atomic E-state index is 6.05. The summed E-state index contributed by atoms with van der Waals surface area (Å²) in [5, 5.41) is 0. The molecule has 0 radical (unpaired) electrons. The number of morpholine rings is 1. The van der Waals surface area contributed by atoms with Crippen molar-refractivity contribution in [3.05, 3.63) is 29.8 Å². The highest BCUT2D eigenvalue weighted by molar-refractivity contribution is 5.48. The number of piperazine rings is 1. The van der Waals surface area contributed by atoms with Gasteiger partial charge in [-0.25, -0.2) is 0 Å². The third-order valence-corrected chi connectivity index (χ3v) is 6.37. The number of hydrogen-bond acceptors (Lipinski definition) is 5. The molecule has 2 saturated heterocycles. The summed E-state index contributed by atoms with van der Waals surface area (Å²) in [5.41, 5.74) is 2.71. The third-order valence-electron chi connectivity index (χ3n) is 6.37. The predicted octanol–water partition coefficient (Wildman–Crippen LogP) is 3.01. The van der Waals surface area contributed by atoms with E-state index in [0.29, 0.717) is 5.92 Å². The molecule has 0 bridgehead atoms. The summed E-state index contributed by atoms with van der Waals surface area (Å²) in [4.78, 5) is 9.71. The summed E-state index contributed by atoms with van der Waals surface area (Å²) in [6, 6.07) is 9.13. The number of ether oxygens (including phenoxy) is 1. The molecule has 172 valence electrons. The maximum Gasteiger partial charge on any atom is 0.0829 e. The van der Waals surface area contributed by atoms with Crippen molar-refractivity contribution in [1.29, 1.82) is 0 Å². The number of hydrogen-bond donors (Lipinski definition) is 0. The Morgan fingerprint density at radius 1 is 1.13 bits per heavy atom. The van der Waals surface area contributed by atoms with Gasteiger partial charge in [0.25, 0.3) is 0 Å². The van der Waals surface area contributed by atoms with Gasteiger partial charge in [0.2, 0.25) is 0 Å². The summed E-state index contributed by atoms with van der Waals surface area (Å²) in [6.45, 7) is 14.5. The van der Waals surface area contributed by atoms with Crippen LogP contribution in [0.3, 0.4) is 0 Å². The van der Waals surface area contributed by atoms with Crippen LogP contribution in [0.25, 0.3) is 0 Å². The quantitative estimate of drug-likeness (QED) is 0.595. The molecular formula is C26H42N4O. The van der Waals surface area contributed by atoms with E-state index < -0.39 is 0 Å². The van der Waals surface area contributed by atoms with Crippen LogP contribution in [0.2, 0.25) is 0 Å². The predicted molar refractivity (Wildman–Crippen MR) is 131 cm³/mol. The molecule has 1 aromatic carbocycles. The van der Waals surface area contributed by atoms with Crippen LogP contribution in [0.1, 0.15) is 32.3 Å². The van der Waals surface area contributed by atoms with Gasteiger partial charge >= 0.3 is 0 Å². The third kappa shape index (κ3) is 8.12. The molecule has 2 heterocycles. The van der Waals surface area contributed by atoms with Gasteiger partial charge in [-0.1, -0.05) is 44.2 Å². The molecule has 0 aliphatic carbocycles. The van der Waals surface area contributed by atoms with Crippen molar-refractivity contribution in [1.82, 2.24) is 14.7 Å². The molecule has 5 nitrogen and oxygen atoms in total. The van der Waals surface area contributed by atoms with Crippen LogP contribution in [0.4, 0.5) is 5.69 Å². The number of nitrogens with zero attached hydrogens (tertiary/aromatic N) is 4. The highest BCUT2D eigenvalue weighted by Crippen LogP contribution is 2.18. The second-order valence-electron chi connectivity index (χ2n) is 9.39. The lowest BCUT2D eigenvalue weighted by Crippen LogP contribution is -2.46. The lowest BCUT2D eigenvalue weighted by Gasteiger charge is -2.34. The zero-order valence-electron chi connectivity index (χ0n) is 20.1. The largest absolute Gasteiger partial charge is 0.374 e. The first-order valence-electron chi connectivity index (χ1n) is 12.1.